The Labute approximate surface area is 262 Å². The highest BCUT2D eigenvalue weighted by Gasteiger charge is 2.38. The quantitative estimate of drug-likeness (QED) is 0.157. The zero-order valence-electron chi connectivity index (χ0n) is 25.1. The molecule has 5 aromatic rings. The summed E-state index contributed by atoms with van der Waals surface area (Å²) >= 11 is 1.58. The van der Waals surface area contributed by atoms with Crippen LogP contribution in [0.3, 0.4) is 0 Å². The van der Waals surface area contributed by atoms with Crippen LogP contribution in [0.4, 0.5) is 4.79 Å². The number of carboxylic acids is 1. The number of hydrogen-bond donors (Lipinski definition) is 2. The van der Waals surface area contributed by atoms with E-state index in [1.165, 1.54) is 0 Å². The molecule has 0 bridgehead atoms. The first kappa shape index (κ1) is 30.7. The van der Waals surface area contributed by atoms with Crippen molar-refractivity contribution in [1.82, 2.24) is 24.8 Å². The molecule has 0 aliphatic heterocycles. The molecule has 0 aliphatic carbocycles. The minimum absolute atomic E-state index is 0.230. The summed E-state index contributed by atoms with van der Waals surface area (Å²) in [6.07, 6.45) is 5.58. The molecule has 5 rings (SSSR count). The fourth-order valence-corrected chi connectivity index (χ4v) is 6.50. The summed E-state index contributed by atoms with van der Waals surface area (Å²) in [5.41, 5.74) is 3.12. The van der Waals surface area contributed by atoms with Gasteiger partial charge >= 0.3 is 12.0 Å². The van der Waals surface area contributed by atoms with Crippen LogP contribution in [-0.4, -0.2) is 49.6 Å². The minimum Gasteiger partial charge on any atom is -0.481 e. The van der Waals surface area contributed by atoms with Gasteiger partial charge in [0.15, 0.2) is 0 Å². The third-order valence-corrected chi connectivity index (χ3v) is 8.89. The number of aliphatic carboxylic acids is 1. The number of imidazole rings is 1. The Kier molecular flexibility index (Phi) is 9.55. The number of nitrogens with zero attached hydrogens (tertiary/aromatic N) is 4. The monoisotopic (exact) mass is 607 g/mol. The Balaban J connectivity index is 1.44. The number of nitrogens with one attached hydrogen (secondary N) is 1. The molecular formula is C35H37N5O3S. The van der Waals surface area contributed by atoms with Gasteiger partial charge in [-0.2, -0.15) is 0 Å². The van der Waals surface area contributed by atoms with E-state index in [1.54, 1.807) is 35.8 Å². The highest BCUT2D eigenvalue weighted by atomic mass is 32.1. The summed E-state index contributed by atoms with van der Waals surface area (Å²) in [5.74, 6) is -0.675. The van der Waals surface area contributed by atoms with Gasteiger partial charge in [0, 0.05) is 42.7 Å². The molecule has 9 heteroatoms. The molecule has 226 valence electrons. The van der Waals surface area contributed by atoms with Crippen LogP contribution in [0.2, 0.25) is 0 Å². The molecule has 0 fully saturated rings. The van der Waals surface area contributed by atoms with Crippen molar-refractivity contribution in [1.29, 1.82) is 0 Å². The smallest absolute Gasteiger partial charge is 0.317 e. The van der Waals surface area contributed by atoms with E-state index < -0.39 is 17.6 Å². The van der Waals surface area contributed by atoms with Crippen LogP contribution < -0.4 is 5.32 Å². The highest BCUT2D eigenvalue weighted by molar-refractivity contribution is 7.11. The number of carboxylic acid groups (broad SMARTS) is 1. The first-order valence-corrected chi connectivity index (χ1v) is 15.5. The number of thiazole rings is 1. The van der Waals surface area contributed by atoms with Crippen LogP contribution in [0.25, 0.3) is 0 Å². The number of amides is 2. The van der Waals surface area contributed by atoms with Crippen molar-refractivity contribution in [2.24, 2.45) is 0 Å². The van der Waals surface area contributed by atoms with Gasteiger partial charge in [0.25, 0.3) is 0 Å². The van der Waals surface area contributed by atoms with Gasteiger partial charge in [-0.3, -0.25) is 4.79 Å². The number of hydrogen-bond acceptors (Lipinski definition) is 5. The number of aromatic nitrogens is 3. The molecule has 3 aromatic carbocycles. The summed E-state index contributed by atoms with van der Waals surface area (Å²) < 4.78 is 2.09. The van der Waals surface area contributed by atoms with Crippen molar-refractivity contribution in [3.8, 4) is 0 Å². The average Bonchev–Trinajstić information content (AvgIpc) is 3.69. The third-order valence-electron chi connectivity index (χ3n) is 7.61. The van der Waals surface area contributed by atoms with Crippen molar-refractivity contribution < 1.29 is 14.7 Å². The zero-order chi connectivity index (χ0) is 31.1. The lowest BCUT2D eigenvalue weighted by atomic mass is 9.77. The first-order chi connectivity index (χ1) is 21.3. The molecule has 2 heterocycles. The van der Waals surface area contributed by atoms with Gasteiger partial charge in [-0.05, 0) is 16.7 Å². The van der Waals surface area contributed by atoms with E-state index in [0.29, 0.717) is 18.2 Å². The lowest BCUT2D eigenvalue weighted by Crippen LogP contribution is -2.44. The number of urea groups is 1. The predicted molar refractivity (Wildman–Crippen MR) is 173 cm³/mol. The molecule has 44 heavy (non-hydrogen) atoms. The molecule has 1 atom stereocenters. The van der Waals surface area contributed by atoms with Crippen molar-refractivity contribution in [2.45, 2.75) is 50.7 Å². The average molecular weight is 608 g/mol. The van der Waals surface area contributed by atoms with Crippen LogP contribution in [-0.2, 0) is 23.3 Å². The number of carbonyl (C=O) groups is 2. The summed E-state index contributed by atoms with van der Waals surface area (Å²) in [4.78, 5) is 36.7. The molecule has 8 nitrogen and oxygen atoms in total. The fraction of sp³-hybridized carbons (Fsp3) is 0.257. The molecule has 0 saturated heterocycles. The van der Waals surface area contributed by atoms with Crippen molar-refractivity contribution in [2.75, 3.05) is 7.05 Å². The molecule has 2 aromatic heterocycles. The van der Waals surface area contributed by atoms with E-state index in [9.17, 15) is 14.7 Å². The Morgan fingerprint density at radius 1 is 0.909 bits per heavy atom. The van der Waals surface area contributed by atoms with E-state index in [-0.39, 0.29) is 18.9 Å². The van der Waals surface area contributed by atoms with Crippen molar-refractivity contribution in [3.63, 3.8) is 0 Å². The second-order valence-electron chi connectivity index (χ2n) is 11.2. The molecule has 2 amide bonds. The normalized spacial score (nSPS) is 12.2. The number of benzene rings is 3. The van der Waals surface area contributed by atoms with Gasteiger partial charge in [-0.15, -0.1) is 11.3 Å². The molecular weight excluding hydrogens is 570 g/mol. The Morgan fingerprint density at radius 2 is 1.45 bits per heavy atom. The Morgan fingerprint density at radius 3 is 1.93 bits per heavy atom. The van der Waals surface area contributed by atoms with Gasteiger partial charge in [0.1, 0.15) is 5.54 Å². The van der Waals surface area contributed by atoms with Crippen molar-refractivity contribution >= 4 is 23.3 Å². The van der Waals surface area contributed by atoms with E-state index in [4.69, 9.17) is 4.98 Å². The SMILES string of the molecule is CC(C)c1ncc(CN(C)C(=O)N[C@H](CC(=O)O)Cc2cn(C(c3ccccc3)(c3ccccc3)c3ccccc3)cn2)s1. The second kappa shape index (κ2) is 13.7. The highest BCUT2D eigenvalue weighted by Crippen LogP contribution is 2.40. The Bertz CT molecular complexity index is 1570. The van der Waals surface area contributed by atoms with Gasteiger partial charge < -0.3 is 19.9 Å². The van der Waals surface area contributed by atoms with E-state index in [0.717, 1.165) is 26.6 Å². The van der Waals surface area contributed by atoms with Crippen LogP contribution in [0.1, 0.15) is 58.5 Å². The predicted octanol–water partition coefficient (Wildman–Crippen LogP) is 6.53. The molecule has 0 saturated carbocycles. The van der Waals surface area contributed by atoms with Gasteiger partial charge in [0.05, 0.1) is 30.0 Å². The zero-order valence-corrected chi connectivity index (χ0v) is 25.9. The summed E-state index contributed by atoms with van der Waals surface area (Å²) in [7, 11) is 1.70. The fourth-order valence-electron chi connectivity index (χ4n) is 5.53. The van der Waals surface area contributed by atoms with Gasteiger partial charge in [0.2, 0.25) is 0 Å². The van der Waals surface area contributed by atoms with Crippen LogP contribution in [0.15, 0.2) is 110 Å². The molecule has 0 unspecified atom stereocenters. The third kappa shape index (κ3) is 6.73. The summed E-state index contributed by atoms with van der Waals surface area (Å²) in [5, 5.41) is 13.6. The van der Waals surface area contributed by atoms with E-state index >= 15 is 0 Å². The number of rotatable bonds is 12. The number of carbonyl (C=O) groups excluding carboxylic acids is 1. The molecule has 2 N–H and O–H groups in total. The lowest BCUT2D eigenvalue weighted by Gasteiger charge is -2.37. The molecule has 0 radical (unpaired) electrons. The first-order valence-electron chi connectivity index (χ1n) is 14.6. The lowest BCUT2D eigenvalue weighted by molar-refractivity contribution is -0.137. The maximum absolute atomic E-state index is 13.2. The van der Waals surface area contributed by atoms with E-state index in [1.807, 2.05) is 60.8 Å². The topological polar surface area (TPSA) is 100 Å². The van der Waals surface area contributed by atoms with E-state index in [2.05, 4.69) is 65.1 Å². The van der Waals surface area contributed by atoms with Crippen LogP contribution >= 0.6 is 11.3 Å². The van der Waals surface area contributed by atoms with Crippen LogP contribution in [0.5, 0.6) is 0 Å². The second-order valence-corrected chi connectivity index (χ2v) is 12.4. The van der Waals surface area contributed by atoms with Crippen molar-refractivity contribution in [3.05, 3.63) is 142 Å². The molecule has 0 aliphatic rings. The van der Waals surface area contributed by atoms with Gasteiger partial charge in [-0.1, -0.05) is 105 Å². The minimum atomic E-state index is -0.992. The summed E-state index contributed by atoms with van der Waals surface area (Å²) in [6, 6.07) is 29.8. The summed E-state index contributed by atoms with van der Waals surface area (Å²) in [6.45, 7) is 4.55. The largest absolute Gasteiger partial charge is 0.481 e. The van der Waals surface area contributed by atoms with Gasteiger partial charge in [-0.25, -0.2) is 14.8 Å². The molecule has 0 spiro atoms. The maximum atomic E-state index is 13.2. The standard InChI is InChI=1S/C35H37N5O3S/c1-25(2)33-36-21-31(44-33)23-39(3)34(43)38-29(20-32(41)42)19-30-22-40(24-37-30)35(26-13-7-4-8-14-26,27-15-9-5-10-16-27)28-17-11-6-12-18-28/h4-18,21-22,24-25,29H,19-20,23H2,1-3H3,(H,38,43)(H,41,42)/t29-/m0/s1. The Hall–Kier alpha value is -4.76. The van der Waals surface area contributed by atoms with Crippen LogP contribution in [0, 0.1) is 0 Å². The maximum Gasteiger partial charge on any atom is 0.317 e.